The van der Waals surface area contributed by atoms with Gasteiger partial charge in [0, 0.05) is 12.3 Å². The Balaban J connectivity index is 1.66. The summed E-state index contributed by atoms with van der Waals surface area (Å²) in [6.07, 6.45) is 11.1. The zero-order valence-electron chi connectivity index (χ0n) is 18.4. The predicted molar refractivity (Wildman–Crippen MR) is 120 cm³/mol. The van der Waals surface area contributed by atoms with Crippen LogP contribution in [0.25, 0.3) is 0 Å². The molecule has 0 radical (unpaired) electrons. The fourth-order valence-corrected chi connectivity index (χ4v) is 7.30. The number of ketones is 1. The van der Waals surface area contributed by atoms with E-state index in [0.717, 1.165) is 24.3 Å². The summed E-state index contributed by atoms with van der Waals surface area (Å²) in [6, 6.07) is 8.58. The maximum absolute atomic E-state index is 12.1. The standard InChI is InChI=1S/C27H33NO2/c1-26(2)13-12-24-22-10-8-19-14-20(29)9-11-21(19)25(22)23(15-27(24,26)3)18-6-4-17(5-7-18)16-28-30/h4-7,14,16,22-24,30H,8-13,15H2,1-3H3/b28-16-/t22?,23-,24?,27+/m1/s1. The lowest BCUT2D eigenvalue weighted by Gasteiger charge is -2.55. The number of carbonyl (C=O) groups excluding carboxylic acids is 1. The molecule has 0 aliphatic heterocycles. The zero-order chi connectivity index (χ0) is 21.1. The number of allylic oxidation sites excluding steroid dienone is 4. The molecule has 30 heavy (non-hydrogen) atoms. The van der Waals surface area contributed by atoms with Crippen molar-refractivity contribution in [3.8, 4) is 0 Å². The highest BCUT2D eigenvalue weighted by atomic mass is 16.4. The molecular weight excluding hydrogens is 370 g/mol. The average Bonchev–Trinajstić information content (AvgIpc) is 2.97. The van der Waals surface area contributed by atoms with E-state index in [-0.39, 0.29) is 0 Å². The van der Waals surface area contributed by atoms with Crippen molar-refractivity contribution in [2.75, 3.05) is 0 Å². The Labute approximate surface area is 179 Å². The van der Waals surface area contributed by atoms with E-state index in [2.05, 4.69) is 50.2 Å². The first-order valence-corrected chi connectivity index (χ1v) is 11.6. The summed E-state index contributed by atoms with van der Waals surface area (Å²) in [5.41, 5.74) is 7.49. The SMILES string of the molecule is CC1(C)CCC2C3CCC4=CC(=O)CCC4=C3[C@@H](c3ccc(/C=N\O)cc3)C[C@@]21C. The Morgan fingerprint density at radius 3 is 2.57 bits per heavy atom. The van der Waals surface area contributed by atoms with Gasteiger partial charge in [0.05, 0.1) is 6.21 Å². The molecule has 0 aromatic heterocycles. The summed E-state index contributed by atoms with van der Waals surface area (Å²) < 4.78 is 0. The number of rotatable bonds is 2. The van der Waals surface area contributed by atoms with Gasteiger partial charge in [-0.25, -0.2) is 0 Å². The van der Waals surface area contributed by atoms with Crippen LogP contribution in [0.1, 0.15) is 82.8 Å². The van der Waals surface area contributed by atoms with E-state index in [1.165, 1.54) is 48.6 Å². The van der Waals surface area contributed by atoms with Gasteiger partial charge in [-0.1, -0.05) is 55.8 Å². The largest absolute Gasteiger partial charge is 0.411 e. The first-order valence-electron chi connectivity index (χ1n) is 11.6. The molecule has 4 aliphatic carbocycles. The van der Waals surface area contributed by atoms with E-state index >= 15 is 0 Å². The summed E-state index contributed by atoms with van der Waals surface area (Å²) in [7, 11) is 0. The van der Waals surface area contributed by atoms with Crippen LogP contribution in [-0.2, 0) is 4.79 Å². The average molecular weight is 404 g/mol. The van der Waals surface area contributed by atoms with Crippen molar-refractivity contribution in [1.82, 2.24) is 0 Å². The highest BCUT2D eigenvalue weighted by molar-refractivity contribution is 5.93. The Hall–Kier alpha value is -2.16. The molecule has 1 aromatic carbocycles. The van der Waals surface area contributed by atoms with Gasteiger partial charge >= 0.3 is 0 Å². The summed E-state index contributed by atoms with van der Waals surface area (Å²) >= 11 is 0. The number of carbonyl (C=O) groups is 1. The van der Waals surface area contributed by atoms with Crippen LogP contribution in [0.2, 0.25) is 0 Å². The van der Waals surface area contributed by atoms with E-state index in [1.807, 2.05) is 6.08 Å². The molecule has 5 rings (SSSR count). The monoisotopic (exact) mass is 403 g/mol. The lowest BCUT2D eigenvalue weighted by Crippen LogP contribution is -2.46. The van der Waals surface area contributed by atoms with Crippen LogP contribution in [0.15, 0.2) is 52.2 Å². The van der Waals surface area contributed by atoms with Crippen LogP contribution >= 0.6 is 0 Å². The molecule has 4 atom stereocenters. The Morgan fingerprint density at radius 1 is 1.07 bits per heavy atom. The van der Waals surface area contributed by atoms with Crippen molar-refractivity contribution in [3.05, 3.63) is 58.2 Å². The molecule has 3 nitrogen and oxygen atoms in total. The third-order valence-corrected chi connectivity index (χ3v) is 9.30. The first-order chi connectivity index (χ1) is 14.3. The minimum Gasteiger partial charge on any atom is -0.411 e. The second-order valence-corrected chi connectivity index (χ2v) is 10.8. The molecule has 0 saturated heterocycles. The van der Waals surface area contributed by atoms with Crippen molar-refractivity contribution in [2.24, 2.45) is 27.8 Å². The molecule has 2 fully saturated rings. The number of nitrogens with zero attached hydrogens (tertiary/aromatic N) is 1. The predicted octanol–water partition coefficient (Wildman–Crippen LogP) is 6.42. The summed E-state index contributed by atoms with van der Waals surface area (Å²) in [5.74, 6) is 2.13. The van der Waals surface area contributed by atoms with Crippen molar-refractivity contribution in [3.63, 3.8) is 0 Å². The van der Waals surface area contributed by atoms with Crippen molar-refractivity contribution >= 4 is 12.0 Å². The zero-order valence-corrected chi connectivity index (χ0v) is 18.4. The maximum Gasteiger partial charge on any atom is 0.156 e. The smallest absolute Gasteiger partial charge is 0.156 e. The van der Waals surface area contributed by atoms with Gasteiger partial charge in [0.1, 0.15) is 0 Å². The summed E-state index contributed by atoms with van der Waals surface area (Å²) in [5, 5.41) is 12.0. The summed E-state index contributed by atoms with van der Waals surface area (Å²) in [4.78, 5) is 12.1. The first kappa shape index (κ1) is 19.8. The third kappa shape index (κ3) is 2.85. The molecule has 4 aliphatic rings. The van der Waals surface area contributed by atoms with E-state index < -0.39 is 0 Å². The van der Waals surface area contributed by atoms with Gasteiger partial charge in [0.15, 0.2) is 5.78 Å². The van der Waals surface area contributed by atoms with Gasteiger partial charge in [-0.05, 0) is 89.5 Å². The van der Waals surface area contributed by atoms with E-state index in [4.69, 9.17) is 5.21 Å². The van der Waals surface area contributed by atoms with Crippen molar-refractivity contribution in [2.45, 2.75) is 71.6 Å². The molecule has 0 bridgehead atoms. The molecule has 2 unspecified atom stereocenters. The third-order valence-electron chi connectivity index (χ3n) is 9.30. The maximum atomic E-state index is 12.1. The Morgan fingerprint density at radius 2 is 1.83 bits per heavy atom. The van der Waals surface area contributed by atoms with Crippen LogP contribution in [0.5, 0.6) is 0 Å². The normalized spacial score (nSPS) is 35.1. The summed E-state index contributed by atoms with van der Waals surface area (Å²) in [6.45, 7) is 7.52. The van der Waals surface area contributed by atoms with Crippen LogP contribution < -0.4 is 0 Å². The quantitative estimate of drug-likeness (QED) is 0.352. The van der Waals surface area contributed by atoms with Gasteiger partial charge < -0.3 is 5.21 Å². The fourth-order valence-electron chi connectivity index (χ4n) is 7.30. The second kappa shape index (κ2) is 6.93. The molecular formula is C27H33NO2. The van der Waals surface area contributed by atoms with Gasteiger partial charge in [-0.15, -0.1) is 0 Å². The minimum absolute atomic E-state index is 0.305. The molecule has 1 aromatic rings. The number of fused-ring (bicyclic) bond motifs is 4. The minimum atomic E-state index is 0.305. The number of oxime groups is 1. The molecule has 0 amide bonds. The van der Waals surface area contributed by atoms with Gasteiger partial charge in [-0.3, -0.25) is 4.79 Å². The van der Waals surface area contributed by atoms with E-state index in [1.54, 1.807) is 5.57 Å². The van der Waals surface area contributed by atoms with Crippen LogP contribution in [0.4, 0.5) is 0 Å². The number of hydrogen-bond acceptors (Lipinski definition) is 3. The number of hydrogen-bond donors (Lipinski definition) is 1. The van der Waals surface area contributed by atoms with Crippen molar-refractivity contribution < 1.29 is 10.0 Å². The van der Waals surface area contributed by atoms with Crippen LogP contribution in [-0.4, -0.2) is 17.2 Å². The lowest BCUT2D eigenvalue weighted by atomic mass is 9.49. The Kier molecular flexibility index (Phi) is 4.57. The van der Waals surface area contributed by atoms with E-state index in [0.29, 0.717) is 34.9 Å². The van der Waals surface area contributed by atoms with Crippen LogP contribution in [0.3, 0.4) is 0 Å². The molecule has 158 valence electrons. The molecule has 0 spiro atoms. The van der Waals surface area contributed by atoms with Gasteiger partial charge in [0.25, 0.3) is 0 Å². The molecule has 1 N–H and O–H groups in total. The van der Waals surface area contributed by atoms with E-state index in [9.17, 15) is 4.79 Å². The molecule has 0 heterocycles. The van der Waals surface area contributed by atoms with Crippen LogP contribution in [0, 0.1) is 22.7 Å². The van der Waals surface area contributed by atoms with Gasteiger partial charge in [0.2, 0.25) is 0 Å². The second-order valence-electron chi connectivity index (χ2n) is 10.8. The molecule has 3 heteroatoms. The highest BCUT2D eigenvalue weighted by Crippen LogP contribution is 2.69. The highest BCUT2D eigenvalue weighted by Gasteiger charge is 2.59. The topological polar surface area (TPSA) is 49.7 Å². The molecule has 2 saturated carbocycles. The van der Waals surface area contributed by atoms with Gasteiger partial charge in [-0.2, -0.15) is 0 Å². The van der Waals surface area contributed by atoms with Crippen molar-refractivity contribution in [1.29, 1.82) is 0 Å². The fraction of sp³-hybridized carbons (Fsp3) is 0.556. The number of benzene rings is 1. The lowest BCUT2D eigenvalue weighted by molar-refractivity contribution is -0.114. The Bertz CT molecular complexity index is 965.